The van der Waals surface area contributed by atoms with Gasteiger partial charge in [0.25, 0.3) is 0 Å². The maximum atomic E-state index is 8.84. The van der Waals surface area contributed by atoms with Crippen LogP contribution in [0.15, 0.2) is 114 Å². The van der Waals surface area contributed by atoms with E-state index >= 15 is 0 Å². The van der Waals surface area contributed by atoms with E-state index in [0.29, 0.717) is 27.6 Å². The van der Waals surface area contributed by atoms with Gasteiger partial charge in [-0.15, -0.1) is 54.1 Å². The van der Waals surface area contributed by atoms with E-state index in [1.165, 1.54) is 30.6 Å². The largest absolute Gasteiger partial charge is 0.486 e. The molecule has 0 N–H and O–H groups in total. The molecule has 0 saturated heterocycles. The third-order valence-corrected chi connectivity index (χ3v) is 7.17. The summed E-state index contributed by atoms with van der Waals surface area (Å²) in [5, 5.41) is 1.32. The Morgan fingerprint density at radius 3 is 2.35 bits per heavy atom. The molecule has 0 saturated carbocycles. The van der Waals surface area contributed by atoms with Crippen molar-refractivity contribution in [3.8, 4) is 22.5 Å². The van der Waals surface area contributed by atoms with Gasteiger partial charge in [-0.25, -0.2) is 4.98 Å². The Balaban J connectivity index is 0.000000295. The Kier molecular flexibility index (Phi) is 6.90. The van der Waals surface area contributed by atoms with Crippen molar-refractivity contribution in [1.29, 1.82) is 0 Å². The minimum Gasteiger partial charge on any atom is -0.486 e. The van der Waals surface area contributed by atoms with Crippen LogP contribution in [0.4, 0.5) is 0 Å². The van der Waals surface area contributed by atoms with Crippen molar-refractivity contribution < 1.29 is 38.2 Å². The quantitative estimate of drug-likeness (QED) is 0.163. The van der Waals surface area contributed by atoms with Crippen LogP contribution in [0.3, 0.4) is 0 Å². The molecule has 4 nitrogen and oxygen atoms in total. The normalized spacial score (nSPS) is 15.5. The molecule has 46 heavy (non-hydrogen) atoms. The fraction of sp³-hybridized carbons (Fsp3) is 0.195. The van der Waals surface area contributed by atoms with Crippen LogP contribution in [-0.4, -0.2) is 15.0 Å². The van der Waals surface area contributed by atoms with Gasteiger partial charge in [-0.2, -0.15) is 0 Å². The van der Waals surface area contributed by atoms with E-state index in [1.54, 1.807) is 48.5 Å². The molecule has 0 unspecified atom stereocenters. The number of hydrogen-bond donors (Lipinski definition) is 0. The summed E-state index contributed by atoms with van der Waals surface area (Å²) in [4.78, 5) is 12.7. The summed E-state index contributed by atoms with van der Waals surface area (Å²) < 4.78 is 85.8. The van der Waals surface area contributed by atoms with Gasteiger partial charge in [0.05, 0.1) is 5.58 Å². The van der Waals surface area contributed by atoms with Crippen LogP contribution in [0.25, 0.3) is 44.6 Å². The summed E-state index contributed by atoms with van der Waals surface area (Å²) in [5.41, 5.74) is 4.37. The number of pyridine rings is 3. The number of fused-ring (bicyclic) bond motifs is 3. The monoisotopic (exact) mass is 790 g/mol. The van der Waals surface area contributed by atoms with E-state index in [4.69, 9.17) is 18.1 Å². The fourth-order valence-electron chi connectivity index (χ4n) is 4.76. The predicted octanol–water partition coefficient (Wildman–Crippen LogP) is 10.1. The van der Waals surface area contributed by atoms with Crippen molar-refractivity contribution in [2.75, 3.05) is 0 Å². The topological polar surface area (TPSA) is 51.8 Å². The standard InChI is InChI=1S/C29H27N2O.C12H10N.Ir/c1-19-8-15-24-23-6-5-7-25(27(23)32-28(24)31-19)26-18-21(16-17-30-26)10-9-20-11-13-22(14-12-20)29(2,3)4;1-10-7-8-12(13-9-10)11-5-3-2-4-6-11;/h5-6,8,11-18H,9-10H2,1-4H3;2-5,7-9H,1H3;/q2*-1;/i1D3,9D2,10D2;1D3;. The van der Waals surface area contributed by atoms with Gasteiger partial charge in [0.1, 0.15) is 0 Å². The second-order valence-corrected chi connectivity index (χ2v) is 11.5. The average Bonchev–Trinajstić information content (AvgIpc) is 3.53. The molecule has 0 aliphatic carbocycles. The number of nitrogens with zero attached hydrogens (tertiary/aromatic N) is 3. The molecule has 0 spiro atoms. The summed E-state index contributed by atoms with van der Waals surface area (Å²) in [5.74, 6) is 0. The first kappa shape index (κ1) is 22.1. The number of benzene rings is 3. The van der Waals surface area contributed by atoms with Crippen molar-refractivity contribution in [2.45, 2.75) is 52.6 Å². The van der Waals surface area contributed by atoms with Crippen molar-refractivity contribution in [3.05, 3.63) is 150 Å². The first-order valence-corrected chi connectivity index (χ1v) is 14.4. The van der Waals surface area contributed by atoms with E-state index < -0.39 is 26.4 Å². The molecular weight excluding hydrogens is 743 g/mol. The third-order valence-electron chi connectivity index (χ3n) is 7.17. The molecule has 5 heteroatoms. The molecule has 0 amide bonds. The number of rotatable bonds is 5. The molecular formula is C41H37IrN3O-2. The Hall–Kier alpha value is -4.44. The molecule has 7 rings (SSSR count). The summed E-state index contributed by atoms with van der Waals surface area (Å²) in [6.07, 6.45) is -1.91. The van der Waals surface area contributed by atoms with Crippen LogP contribution >= 0.6 is 0 Å². The molecule has 0 atom stereocenters. The molecule has 0 fully saturated rings. The Labute approximate surface area is 299 Å². The predicted molar refractivity (Wildman–Crippen MR) is 184 cm³/mol. The first-order chi connectivity index (χ1) is 25.7. The van der Waals surface area contributed by atoms with Crippen LogP contribution in [0.2, 0.25) is 0 Å². The molecule has 7 aromatic rings. The molecule has 1 radical (unpaired) electrons. The van der Waals surface area contributed by atoms with E-state index in [0.717, 1.165) is 16.8 Å². The van der Waals surface area contributed by atoms with Crippen molar-refractivity contribution in [2.24, 2.45) is 0 Å². The van der Waals surface area contributed by atoms with Crippen LogP contribution in [0.1, 0.15) is 62.4 Å². The van der Waals surface area contributed by atoms with E-state index in [1.807, 2.05) is 30.3 Å². The maximum Gasteiger partial charge on any atom is 0.216 e. The molecule has 0 aliphatic heterocycles. The summed E-state index contributed by atoms with van der Waals surface area (Å²) in [6, 6.07) is 33.4. The van der Waals surface area contributed by atoms with E-state index in [2.05, 4.69) is 47.9 Å². The number of aryl methyl sites for hydroxylation is 4. The zero-order valence-corrected chi connectivity index (χ0v) is 27.9. The zero-order chi connectivity index (χ0) is 40.0. The Morgan fingerprint density at radius 1 is 0.783 bits per heavy atom. The van der Waals surface area contributed by atoms with E-state index in [-0.39, 0.29) is 53.6 Å². The van der Waals surface area contributed by atoms with Gasteiger partial charge >= 0.3 is 0 Å². The molecule has 3 aromatic carbocycles. The summed E-state index contributed by atoms with van der Waals surface area (Å²) in [6.45, 7) is 1.73. The molecule has 0 bridgehead atoms. The molecule has 4 heterocycles. The van der Waals surface area contributed by atoms with E-state index in [9.17, 15) is 0 Å². The second kappa shape index (κ2) is 14.3. The minimum atomic E-state index is -2.40. The SMILES string of the molecule is [2H]C([2H])([2H])c1ccc(-c2[c-]cccc2)nc1.[2H]C([2H])([2H])c1ccc2c(n1)oc1c(-c3cc(C([2H])([2H])C([2H])([2H])c4ccc(C(C)(C)C)cc4)ccn3)[c-]ccc12.[Ir]. The minimum absolute atomic E-state index is 0. The van der Waals surface area contributed by atoms with Gasteiger partial charge in [-0.1, -0.05) is 79.7 Å². The molecule has 4 aromatic heterocycles. The van der Waals surface area contributed by atoms with Gasteiger partial charge in [0, 0.05) is 57.3 Å². The van der Waals surface area contributed by atoms with Crippen LogP contribution in [-0.2, 0) is 38.3 Å². The Morgan fingerprint density at radius 2 is 1.63 bits per heavy atom. The summed E-state index contributed by atoms with van der Waals surface area (Å²) >= 11 is 0. The van der Waals surface area contributed by atoms with Gasteiger partial charge in [-0.05, 0) is 78.1 Å². The van der Waals surface area contributed by atoms with Crippen LogP contribution in [0, 0.1) is 25.8 Å². The maximum absolute atomic E-state index is 8.84. The average molecular weight is 790 g/mol. The van der Waals surface area contributed by atoms with Crippen molar-refractivity contribution in [1.82, 2.24) is 15.0 Å². The van der Waals surface area contributed by atoms with Crippen molar-refractivity contribution in [3.63, 3.8) is 0 Å². The number of aromatic nitrogens is 3. The first-order valence-electron chi connectivity index (χ1n) is 19.4. The third kappa shape index (κ3) is 7.67. The van der Waals surface area contributed by atoms with Crippen LogP contribution in [0.5, 0.6) is 0 Å². The summed E-state index contributed by atoms with van der Waals surface area (Å²) in [7, 11) is 0. The number of furan rings is 1. The fourth-order valence-corrected chi connectivity index (χ4v) is 4.76. The second-order valence-electron chi connectivity index (χ2n) is 11.5. The smallest absolute Gasteiger partial charge is 0.216 e. The number of hydrogen-bond acceptors (Lipinski definition) is 4. The van der Waals surface area contributed by atoms with Crippen molar-refractivity contribution >= 4 is 22.1 Å². The van der Waals surface area contributed by atoms with Gasteiger partial charge < -0.3 is 14.4 Å². The molecule has 0 aliphatic rings. The molecule has 233 valence electrons. The Bertz CT molecular complexity index is 2440. The van der Waals surface area contributed by atoms with Gasteiger partial charge in [0.15, 0.2) is 0 Å². The van der Waals surface area contributed by atoms with Gasteiger partial charge in [-0.3, -0.25) is 0 Å². The zero-order valence-electron chi connectivity index (χ0n) is 35.5. The van der Waals surface area contributed by atoms with Gasteiger partial charge in [0.2, 0.25) is 5.71 Å². The van der Waals surface area contributed by atoms with Crippen LogP contribution < -0.4 is 0 Å².